The van der Waals surface area contributed by atoms with E-state index in [1.165, 1.54) is 0 Å². The van der Waals surface area contributed by atoms with Crippen LogP contribution in [0, 0.1) is 0 Å². The third kappa shape index (κ3) is 3.54. The summed E-state index contributed by atoms with van der Waals surface area (Å²) in [5.41, 5.74) is 0.798. The van der Waals surface area contributed by atoms with Crippen LogP contribution in [0.1, 0.15) is 12.8 Å². The predicted octanol–water partition coefficient (Wildman–Crippen LogP) is 0.275. The van der Waals surface area contributed by atoms with Crippen LogP contribution in [-0.2, 0) is 11.3 Å². The van der Waals surface area contributed by atoms with Crippen molar-refractivity contribution in [3.63, 3.8) is 0 Å². The highest BCUT2D eigenvalue weighted by molar-refractivity contribution is 5.94. The monoisotopic (exact) mass is 292 g/mol. The van der Waals surface area contributed by atoms with Gasteiger partial charge in [0.05, 0.1) is 12.7 Å². The minimum Gasteiger partial charge on any atom is -0.368 e. The second kappa shape index (κ2) is 6.44. The van der Waals surface area contributed by atoms with E-state index >= 15 is 0 Å². The molecule has 0 atom stereocenters. The Morgan fingerprint density at radius 1 is 1.29 bits per heavy atom. The highest BCUT2D eigenvalue weighted by Gasteiger charge is 2.18. The fraction of sp³-hybridized carbons (Fsp3) is 0.714. The molecule has 7 nitrogen and oxygen atoms in total. The number of hydrogen-bond donors (Lipinski definition) is 2. The van der Waals surface area contributed by atoms with Gasteiger partial charge in [0.25, 0.3) is 0 Å². The van der Waals surface area contributed by atoms with E-state index in [0.717, 1.165) is 63.6 Å². The van der Waals surface area contributed by atoms with Gasteiger partial charge in [0.1, 0.15) is 11.5 Å². The van der Waals surface area contributed by atoms with Crippen LogP contribution in [0.3, 0.4) is 0 Å². The Morgan fingerprint density at radius 2 is 2.19 bits per heavy atom. The van der Waals surface area contributed by atoms with Gasteiger partial charge in [0.2, 0.25) is 5.91 Å². The summed E-state index contributed by atoms with van der Waals surface area (Å²) < 4.78 is 1.92. The number of aromatic nitrogens is 2. The summed E-state index contributed by atoms with van der Waals surface area (Å²) >= 11 is 0. The average Bonchev–Trinajstić information content (AvgIpc) is 2.76. The molecule has 3 rings (SSSR count). The van der Waals surface area contributed by atoms with E-state index in [1.54, 1.807) is 6.20 Å². The van der Waals surface area contributed by atoms with Crippen LogP contribution in [0.25, 0.3) is 0 Å². The Morgan fingerprint density at radius 3 is 3.10 bits per heavy atom. The van der Waals surface area contributed by atoms with E-state index < -0.39 is 0 Å². The van der Waals surface area contributed by atoms with Crippen molar-refractivity contribution in [1.82, 2.24) is 19.6 Å². The smallest absolute Gasteiger partial charge is 0.238 e. The highest BCUT2D eigenvalue weighted by Crippen LogP contribution is 2.24. The van der Waals surface area contributed by atoms with Crippen LogP contribution in [0.5, 0.6) is 0 Å². The first-order valence-electron chi connectivity index (χ1n) is 7.73. The van der Waals surface area contributed by atoms with Gasteiger partial charge in [0.15, 0.2) is 0 Å². The topological polar surface area (TPSA) is 65.4 Å². The number of carbonyl (C=O) groups is 1. The average molecular weight is 292 g/mol. The summed E-state index contributed by atoms with van der Waals surface area (Å²) in [7, 11) is 2.13. The molecular formula is C14H24N6O. The van der Waals surface area contributed by atoms with Crippen molar-refractivity contribution in [2.24, 2.45) is 0 Å². The zero-order chi connectivity index (χ0) is 14.7. The van der Waals surface area contributed by atoms with Gasteiger partial charge in [0, 0.05) is 26.2 Å². The fourth-order valence-corrected chi connectivity index (χ4v) is 2.92. The summed E-state index contributed by atoms with van der Waals surface area (Å²) in [6.07, 6.45) is 3.93. The molecule has 21 heavy (non-hydrogen) atoms. The van der Waals surface area contributed by atoms with Gasteiger partial charge in [-0.25, -0.2) is 4.68 Å². The number of nitrogens with zero attached hydrogens (tertiary/aromatic N) is 4. The van der Waals surface area contributed by atoms with Crippen molar-refractivity contribution in [3.05, 3.63) is 6.20 Å². The van der Waals surface area contributed by atoms with Crippen molar-refractivity contribution in [2.45, 2.75) is 19.4 Å². The van der Waals surface area contributed by atoms with E-state index in [0.29, 0.717) is 6.54 Å². The molecule has 0 unspecified atom stereocenters. The molecule has 1 fully saturated rings. The number of fused-ring (bicyclic) bond motifs is 1. The first-order valence-corrected chi connectivity index (χ1v) is 7.73. The van der Waals surface area contributed by atoms with Gasteiger partial charge in [-0.1, -0.05) is 0 Å². The Balaban J connectivity index is 1.55. The van der Waals surface area contributed by atoms with Crippen LogP contribution in [0.2, 0.25) is 0 Å². The van der Waals surface area contributed by atoms with Crippen LogP contribution >= 0.6 is 0 Å². The first kappa shape index (κ1) is 14.3. The molecular weight excluding hydrogens is 268 g/mol. The summed E-state index contributed by atoms with van der Waals surface area (Å²) in [6, 6.07) is 0. The molecule has 2 N–H and O–H groups in total. The van der Waals surface area contributed by atoms with Crippen molar-refractivity contribution < 1.29 is 4.79 Å². The largest absolute Gasteiger partial charge is 0.368 e. The summed E-state index contributed by atoms with van der Waals surface area (Å²) in [5.74, 6) is 0.980. The second-order valence-electron chi connectivity index (χ2n) is 5.89. The van der Waals surface area contributed by atoms with Crippen molar-refractivity contribution in [3.8, 4) is 0 Å². The Kier molecular flexibility index (Phi) is 4.40. The minimum absolute atomic E-state index is 0.0442. The van der Waals surface area contributed by atoms with Crippen LogP contribution in [0.4, 0.5) is 11.5 Å². The normalized spacial score (nSPS) is 20.4. The number of nitrogens with one attached hydrogen (secondary N) is 2. The van der Waals surface area contributed by atoms with Crippen LogP contribution in [-0.4, -0.2) is 71.8 Å². The number of amides is 1. The number of hydrogen-bond acceptors (Lipinski definition) is 5. The molecule has 0 saturated carbocycles. The fourth-order valence-electron chi connectivity index (χ4n) is 2.92. The van der Waals surface area contributed by atoms with Crippen molar-refractivity contribution >= 4 is 17.4 Å². The summed E-state index contributed by atoms with van der Waals surface area (Å²) in [5, 5.41) is 10.6. The maximum Gasteiger partial charge on any atom is 0.238 e. The zero-order valence-corrected chi connectivity index (χ0v) is 12.6. The molecule has 2 aliphatic heterocycles. The van der Waals surface area contributed by atoms with E-state index in [-0.39, 0.29) is 5.91 Å². The van der Waals surface area contributed by atoms with Gasteiger partial charge >= 0.3 is 0 Å². The lowest BCUT2D eigenvalue weighted by Gasteiger charge is -2.20. The third-order valence-corrected chi connectivity index (χ3v) is 4.13. The Hall–Kier alpha value is -1.60. The number of carbonyl (C=O) groups excluding carboxylic acids is 1. The maximum atomic E-state index is 12.2. The van der Waals surface area contributed by atoms with Crippen molar-refractivity contribution in [1.29, 1.82) is 0 Å². The third-order valence-electron chi connectivity index (χ3n) is 4.13. The van der Waals surface area contributed by atoms with E-state index in [1.807, 2.05) is 4.68 Å². The lowest BCUT2D eigenvalue weighted by atomic mass is 10.3. The first-order chi connectivity index (χ1) is 10.2. The van der Waals surface area contributed by atoms with Crippen LogP contribution in [0.15, 0.2) is 6.20 Å². The second-order valence-corrected chi connectivity index (χ2v) is 5.89. The lowest BCUT2D eigenvalue weighted by molar-refractivity contribution is -0.117. The van der Waals surface area contributed by atoms with Gasteiger partial charge in [-0.05, 0) is 33.0 Å². The Labute approximate surface area is 125 Å². The molecule has 1 saturated heterocycles. The number of anilines is 2. The van der Waals surface area contributed by atoms with Crippen molar-refractivity contribution in [2.75, 3.05) is 56.9 Å². The summed E-state index contributed by atoms with van der Waals surface area (Å²) in [6.45, 7) is 6.38. The molecule has 116 valence electrons. The van der Waals surface area contributed by atoms with Gasteiger partial charge in [-0.15, -0.1) is 0 Å². The lowest BCUT2D eigenvalue weighted by Crippen LogP contribution is -2.36. The highest BCUT2D eigenvalue weighted by atomic mass is 16.2. The predicted molar refractivity (Wildman–Crippen MR) is 82.5 cm³/mol. The molecule has 1 amide bonds. The van der Waals surface area contributed by atoms with Crippen LogP contribution < -0.4 is 10.6 Å². The molecule has 0 spiro atoms. The van der Waals surface area contributed by atoms with Gasteiger partial charge in [-0.2, -0.15) is 5.10 Å². The van der Waals surface area contributed by atoms with E-state index in [4.69, 9.17) is 0 Å². The standard InChI is InChI=1S/C14H24N6O/c1-18-5-3-6-19(9-8-18)11-13(21)17-12-10-16-20-7-2-4-15-14(12)20/h10,15H,2-9,11H2,1H3,(H,17,21). The van der Waals surface area contributed by atoms with Gasteiger partial charge in [-0.3, -0.25) is 9.69 Å². The quantitative estimate of drug-likeness (QED) is 0.837. The number of likely N-dealkylation sites (N-methyl/N-ethyl adjacent to an activating group) is 1. The molecule has 0 aromatic carbocycles. The van der Waals surface area contributed by atoms with Gasteiger partial charge < -0.3 is 15.5 Å². The molecule has 2 aliphatic rings. The molecule has 0 aliphatic carbocycles. The Bertz CT molecular complexity index is 500. The molecule has 3 heterocycles. The SMILES string of the molecule is CN1CCCN(CC(=O)Nc2cnn3c2NCCC3)CC1. The van der Waals surface area contributed by atoms with E-state index in [2.05, 4.69) is 32.6 Å². The molecule has 7 heteroatoms. The summed E-state index contributed by atoms with van der Waals surface area (Å²) in [4.78, 5) is 16.8. The molecule has 0 radical (unpaired) electrons. The molecule has 1 aromatic rings. The number of aryl methyl sites for hydroxylation is 1. The number of rotatable bonds is 3. The molecule has 1 aromatic heterocycles. The van der Waals surface area contributed by atoms with E-state index in [9.17, 15) is 4.79 Å². The molecule has 0 bridgehead atoms. The zero-order valence-electron chi connectivity index (χ0n) is 12.6. The maximum absolute atomic E-state index is 12.2. The minimum atomic E-state index is 0.0442.